The smallest absolute Gasteiger partial charge is 0.235 e. The van der Waals surface area contributed by atoms with E-state index in [1.807, 2.05) is 37.4 Å². The molecule has 2 aromatic heterocycles. The van der Waals surface area contributed by atoms with E-state index < -0.39 is 10.0 Å². The molecule has 8 heteroatoms. The van der Waals surface area contributed by atoms with Crippen molar-refractivity contribution >= 4 is 38.5 Å². The van der Waals surface area contributed by atoms with Crippen LogP contribution < -0.4 is 10.0 Å². The highest BCUT2D eigenvalue weighted by Gasteiger charge is 2.31. The van der Waals surface area contributed by atoms with Crippen LogP contribution in [0.3, 0.4) is 0 Å². The molecule has 156 valence electrons. The first kappa shape index (κ1) is 19.1. The highest BCUT2D eigenvalue weighted by atomic mass is 32.2. The average Bonchev–Trinajstić information content (AvgIpc) is 3.37. The largest absolute Gasteiger partial charge is 0.346 e. The number of sulfonamides is 1. The average molecular weight is 425 g/mol. The Morgan fingerprint density at radius 2 is 1.90 bits per heavy atom. The number of carbonyl (C=O) groups is 1. The zero-order valence-electron chi connectivity index (χ0n) is 16.7. The van der Waals surface area contributed by atoms with E-state index in [0.29, 0.717) is 17.2 Å². The maximum absolute atomic E-state index is 12.4. The van der Waals surface area contributed by atoms with Crippen molar-refractivity contribution in [3.05, 3.63) is 42.1 Å². The van der Waals surface area contributed by atoms with Gasteiger partial charge in [0.2, 0.25) is 15.9 Å². The van der Waals surface area contributed by atoms with E-state index in [2.05, 4.69) is 20.0 Å². The summed E-state index contributed by atoms with van der Waals surface area (Å²) < 4.78 is 27.6. The maximum atomic E-state index is 12.4. The van der Waals surface area contributed by atoms with Crippen LogP contribution in [0.1, 0.15) is 37.7 Å². The fraction of sp³-hybridized carbons (Fsp3) is 0.364. The summed E-state index contributed by atoms with van der Waals surface area (Å²) >= 11 is 0. The molecular formula is C22H24N4O3S. The molecule has 0 aliphatic heterocycles. The number of nitrogens with zero attached hydrogens (tertiary/aromatic N) is 1. The number of hydrogen-bond donors (Lipinski definition) is 3. The highest BCUT2D eigenvalue weighted by Crippen LogP contribution is 2.35. The molecule has 2 aliphatic rings. The number of carbonyl (C=O) groups excluding carboxylic acids is 1. The molecule has 2 heterocycles. The van der Waals surface area contributed by atoms with Gasteiger partial charge in [0.05, 0.1) is 5.25 Å². The molecule has 5 rings (SSSR count). The number of pyridine rings is 1. The maximum Gasteiger partial charge on any atom is 0.235 e. The van der Waals surface area contributed by atoms with Crippen LogP contribution in [-0.2, 0) is 14.8 Å². The summed E-state index contributed by atoms with van der Waals surface area (Å²) in [4.78, 5) is 19.8. The summed E-state index contributed by atoms with van der Waals surface area (Å²) in [6.07, 6.45) is 6.11. The molecule has 1 aromatic carbocycles. The predicted molar refractivity (Wildman–Crippen MR) is 118 cm³/mol. The molecule has 0 radical (unpaired) electrons. The molecule has 0 saturated heterocycles. The number of amides is 1. The second kappa shape index (κ2) is 7.12. The molecule has 30 heavy (non-hydrogen) atoms. The number of nitrogens with one attached hydrogen (secondary N) is 3. The van der Waals surface area contributed by atoms with E-state index in [-0.39, 0.29) is 17.1 Å². The van der Waals surface area contributed by atoms with Crippen molar-refractivity contribution in [2.75, 3.05) is 10.0 Å². The Bertz CT molecular complexity index is 1240. The summed E-state index contributed by atoms with van der Waals surface area (Å²) in [7, 11) is -3.33. The van der Waals surface area contributed by atoms with Gasteiger partial charge < -0.3 is 10.3 Å². The van der Waals surface area contributed by atoms with Crippen LogP contribution >= 0.6 is 0 Å². The second-order valence-electron chi connectivity index (χ2n) is 8.29. The van der Waals surface area contributed by atoms with Gasteiger partial charge >= 0.3 is 0 Å². The van der Waals surface area contributed by atoms with Crippen LogP contribution in [0.25, 0.3) is 22.2 Å². The molecule has 1 amide bonds. The summed E-state index contributed by atoms with van der Waals surface area (Å²) in [6.45, 7) is 1.96. The van der Waals surface area contributed by atoms with Crippen LogP contribution in [-0.4, -0.2) is 29.5 Å². The predicted octanol–water partition coefficient (Wildman–Crippen LogP) is 4.18. The van der Waals surface area contributed by atoms with Gasteiger partial charge in [-0.3, -0.25) is 9.52 Å². The van der Waals surface area contributed by atoms with Crippen molar-refractivity contribution in [3.8, 4) is 11.1 Å². The van der Waals surface area contributed by atoms with Gasteiger partial charge in [0.15, 0.2) is 0 Å². The topological polar surface area (TPSA) is 104 Å². The quantitative estimate of drug-likeness (QED) is 0.552. The zero-order chi connectivity index (χ0) is 20.9. The van der Waals surface area contributed by atoms with Crippen LogP contribution in [0.2, 0.25) is 0 Å². The van der Waals surface area contributed by atoms with E-state index in [1.165, 1.54) is 0 Å². The first-order valence-corrected chi connectivity index (χ1v) is 11.9. The second-order valence-corrected chi connectivity index (χ2v) is 10.2. The Morgan fingerprint density at radius 3 is 2.57 bits per heavy atom. The van der Waals surface area contributed by atoms with Crippen molar-refractivity contribution in [3.63, 3.8) is 0 Å². The van der Waals surface area contributed by atoms with Gasteiger partial charge in [-0.2, -0.15) is 0 Å². The first-order valence-electron chi connectivity index (χ1n) is 10.3. The van der Waals surface area contributed by atoms with Crippen LogP contribution in [0, 0.1) is 12.8 Å². The molecule has 2 saturated carbocycles. The minimum absolute atomic E-state index is 0.0110. The van der Waals surface area contributed by atoms with Crippen molar-refractivity contribution < 1.29 is 13.2 Å². The third kappa shape index (κ3) is 3.56. The van der Waals surface area contributed by atoms with Gasteiger partial charge in [0, 0.05) is 23.2 Å². The first-order chi connectivity index (χ1) is 14.4. The molecular weight excluding hydrogens is 400 g/mol. The van der Waals surface area contributed by atoms with Gasteiger partial charge in [-0.25, -0.2) is 13.4 Å². The summed E-state index contributed by atoms with van der Waals surface area (Å²) in [5, 5.41) is 3.59. The number of hydrogen-bond acceptors (Lipinski definition) is 4. The fourth-order valence-electron chi connectivity index (χ4n) is 3.86. The number of aromatic nitrogens is 2. The number of benzene rings is 1. The van der Waals surface area contributed by atoms with Gasteiger partial charge in [0.1, 0.15) is 11.5 Å². The third-order valence-corrected chi connectivity index (χ3v) is 7.87. The van der Waals surface area contributed by atoms with Crippen LogP contribution in [0.4, 0.5) is 11.5 Å². The Morgan fingerprint density at radius 1 is 1.10 bits per heavy atom. The van der Waals surface area contributed by atoms with E-state index in [0.717, 1.165) is 54.2 Å². The van der Waals surface area contributed by atoms with Gasteiger partial charge in [0.25, 0.3) is 0 Å². The normalized spacial score (nSPS) is 17.0. The molecule has 3 N–H and O–H groups in total. The van der Waals surface area contributed by atoms with Crippen LogP contribution in [0.15, 0.2) is 36.5 Å². The number of aromatic amines is 1. The van der Waals surface area contributed by atoms with Gasteiger partial charge in [-0.15, -0.1) is 0 Å². The van der Waals surface area contributed by atoms with Crippen molar-refractivity contribution in [1.29, 1.82) is 0 Å². The van der Waals surface area contributed by atoms with Gasteiger partial charge in [-0.05, 0) is 73.6 Å². The minimum Gasteiger partial charge on any atom is -0.346 e. The molecule has 0 bridgehead atoms. The molecule has 0 atom stereocenters. The minimum atomic E-state index is -3.33. The van der Waals surface area contributed by atoms with E-state index in [9.17, 15) is 13.2 Å². The van der Waals surface area contributed by atoms with Crippen molar-refractivity contribution in [2.45, 2.75) is 44.3 Å². The number of aryl methyl sites for hydroxylation is 1. The molecule has 0 spiro atoms. The molecule has 2 fully saturated rings. The Labute approximate surface area is 175 Å². The molecule has 2 aliphatic carbocycles. The number of H-pyrrole nitrogens is 1. The number of rotatable bonds is 6. The third-order valence-electron chi connectivity index (χ3n) is 6.00. The highest BCUT2D eigenvalue weighted by molar-refractivity contribution is 7.93. The Hall–Kier alpha value is -2.87. The van der Waals surface area contributed by atoms with Gasteiger partial charge in [-0.1, -0.05) is 12.5 Å². The Balaban J connectivity index is 1.48. The Kier molecular flexibility index (Phi) is 4.54. The summed E-state index contributed by atoms with van der Waals surface area (Å²) in [6, 6.07) is 9.41. The number of anilines is 2. The standard InChI is InChI=1S/C22H24N4O3S/c1-13-11-15(26-30(28,29)16-3-2-4-16)7-8-17(13)19-12-20(25-22(27)14-5-6-14)24-21-18(19)9-10-23-21/h7-12,14,16,26H,2-6H2,1H3,(H2,23,24,25,27). The fourth-order valence-corrected chi connectivity index (χ4v) is 5.43. The van der Waals surface area contributed by atoms with E-state index in [1.54, 1.807) is 6.07 Å². The summed E-state index contributed by atoms with van der Waals surface area (Å²) in [5.41, 5.74) is 4.13. The lowest BCUT2D eigenvalue weighted by molar-refractivity contribution is -0.117. The lowest BCUT2D eigenvalue weighted by Gasteiger charge is -2.25. The molecule has 3 aromatic rings. The van der Waals surface area contributed by atoms with Crippen molar-refractivity contribution in [2.24, 2.45) is 5.92 Å². The lowest BCUT2D eigenvalue weighted by Crippen LogP contribution is -2.33. The molecule has 0 unspecified atom stereocenters. The number of fused-ring (bicyclic) bond motifs is 1. The molecule has 7 nitrogen and oxygen atoms in total. The van der Waals surface area contributed by atoms with E-state index >= 15 is 0 Å². The lowest BCUT2D eigenvalue weighted by atomic mass is 9.98. The summed E-state index contributed by atoms with van der Waals surface area (Å²) in [5.74, 6) is 0.627. The zero-order valence-corrected chi connectivity index (χ0v) is 17.6. The monoisotopic (exact) mass is 424 g/mol. The van der Waals surface area contributed by atoms with Crippen LogP contribution in [0.5, 0.6) is 0 Å². The SMILES string of the molecule is Cc1cc(NS(=O)(=O)C2CCC2)ccc1-c1cc(NC(=O)C2CC2)nc2[nH]ccc12. The van der Waals surface area contributed by atoms with E-state index in [4.69, 9.17) is 0 Å². The van der Waals surface area contributed by atoms with Crippen molar-refractivity contribution in [1.82, 2.24) is 9.97 Å².